The van der Waals surface area contributed by atoms with E-state index in [-0.39, 0.29) is 23.6 Å². The first kappa shape index (κ1) is 16.8. The van der Waals surface area contributed by atoms with Crippen molar-refractivity contribution in [3.63, 3.8) is 0 Å². The Hall–Kier alpha value is -1.01. The largest absolute Gasteiger partial charge is 0.508 e. The van der Waals surface area contributed by atoms with Gasteiger partial charge in [-0.05, 0) is 37.4 Å². The highest BCUT2D eigenvalue weighted by Crippen LogP contribution is 2.41. The Bertz CT molecular complexity index is 591. The molecule has 2 atom stereocenters. The Morgan fingerprint density at radius 3 is 2.78 bits per heavy atom. The van der Waals surface area contributed by atoms with Gasteiger partial charge in [0.1, 0.15) is 5.75 Å². The summed E-state index contributed by atoms with van der Waals surface area (Å²) in [7, 11) is 0. The lowest BCUT2D eigenvalue weighted by Crippen LogP contribution is -2.52. The lowest BCUT2D eigenvalue weighted by Gasteiger charge is -2.35. The van der Waals surface area contributed by atoms with Gasteiger partial charge in [0.05, 0.1) is 29.3 Å². The average Bonchev–Trinajstić information content (AvgIpc) is 2.59. The van der Waals surface area contributed by atoms with Crippen LogP contribution in [0, 0.1) is 0 Å². The van der Waals surface area contributed by atoms with Crippen molar-refractivity contribution in [3.05, 3.63) is 27.7 Å². The molecule has 2 unspecified atom stereocenters. The number of hydrogen-bond donors (Lipinski definition) is 2. The molecule has 1 aromatic rings. The topological polar surface area (TPSA) is 61.8 Å². The summed E-state index contributed by atoms with van der Waals surface area (Å²) < 4.78 is 5.29. The van der Waals surface area contributed by atoms with E-state index in [0.29, 0.717) is 54.9 Å². The zero-order valence-electron chi connectivity index (χ0n) is 12.7. The first-order chi connectivity index (χ1) is 11.1. The third-order valence-electron chi connectivity index (χ3n) is 4.54. The van der Waals surface area contributed by atoms with Gasteiger partial charge in [-0.3, -0.25) is 4.79 Å². The van der Waals surface area contributed by atoms with Gasteiger partial charge < -0.3 is 20.1 Å². The highest BCUT2D eigenvalue weighted by Gasteiger charge is 2.33. The number of phenolic OH excluding ortho intramolecular Hbond substituents is 1. The summed E-state index contributed by atoms with van der Waals surface area (Å²) >= 11 is 12.4. The number of phenols is 1. The highest BCUT2D eigenvalue weighted by molar-refractivity contribution is 6.42. The van der Waals surface area contributed by atoms with Crippen LogP contribution in [0.25, 0.3) is 0 Å². The second-order valence-corrected chi connectivity index (χ2v) is 6.75. The molecule has 2 saturated heterocycles. The van der Waals surface area contributed by atoms with Crippen LogP contribution in [0.15, 0.2) is 12.1 Å². The van der Waals surface area contributed by atoms with Crippen molar-refractivity contribution in [1.82, 2.24) is 10.2 Å². The van der Waals surface area contributed by atoms with Gasteiger partial charge >= 0.3 is 0 Å². The molecule has 23 heavy (non-hydrogen) atoms. The van der Waals surface area contributed by atoms with E-state index in [2.05, 4.69) is 5.32 Å². The number of halogens is 2. The first-order valence-electron chi connectivity index (χ1n) is 7.84. The number of benzene rings is 1. The van der Waals surface area contributed by atoms with Crippen molar-refractivity contribution in [3.8, 4) is 5.75 Å². The molecule has 0 aromatic heterocycles. The zero-order chi connectivity index (χ0) is 16.4. The van der Waals surface area contributed by atoms with Gasteiger partial charge in [-0.25, -0.2) is 0 Å². The summed E-state index contributed by atoms with van der Waals surface area (Å²) in [5, 5.41) is 14.3. The number of hydrogen-bond acceptors (Lipinski definition) is 4. The molecule has 2 N–H and O–H groups in total. The minimum Gasteiger partial charge on any atom is -0.508 e. The van der Waals surface area contributed by atoms with E-state index in [9.17, 15) is 9.90 Å². The van der Waals surface area contributed by atoms with E-state index in [1.807, 2.05) is 4.90 Å². The molecule has 3 rings (SSSR count). The lowest BCUT2D eigenvalue weighted by molar-refractivity contribution is -0.138. The Kier molecular flexibility index (Phi) is 5.31. The molecule has 2 fully saturated rings. The number of piperidine rings is 1. The van der Waals surface area contributed by atoms with Gasteiger partial charge in [0.25, 0.3) is 0 Å². The van der Waals surface area contributed by atoms with Crippen LogP contribution in [0.3, 0.4) is 0 Å². The summed E-state index contributed by atoms with van der Waals surface area (Å²) in [6.45, 7) is 3.13. The number of aromatic hydroxyl groups is 1. The van der Waals surface area contributed by atoms with Crippen molar-refractivity contribution < 1.29 is 14.6 Å². The number of nitrogens with zero attached hydrogens (tertiary/aromatic N) is 1. The van der Waals surface area contributed by atoms with E-state index in [1.54, 1.807) is 12.1 Å². The quantitative estimate of drug-likeness (QED) is 0.851. The Labute approximate surface area is 145 Å². The van der Waals surface area contributed by atoms with E-state index < -0.39 is 0 Å². The van der Waals surface area contributed by atoms with Crippen molar-refractivity contribution in [2.45, 2.75) is 24.8 Å². The summed E-state index contributed by atoms with van der Waals surface area (Å²) in [4.78, 5) is 14.5. The third-order valence-corrected chi connectivity index (χ3v) is 5.36. The highest BCUT2D eigenvalue weighted by atomic mass is 35.5. The second-order valence-electron chi connectivity index (χ2n) is 5.96. The first-order valence-corrected chi connectivity index (χ1v) is 8.60. The second kappa shape index (κ2) is 7.26. The van der Waals surface area contributed by atoms with Crippen LogP contribution < -0.4 is 5.32 Å². The van der Waals surface area contributed by atoms with Crippen LogP contribution in [0.5, 0.6) is 5.75 Å². The fraction of sp³-hybridized carbons (Fsp3) is 0.562. The number of nitrogens with one attached hydrogen (secondary N) is 1. The maximum atomic E-state index is 12.7. The number of rotatable bonds is 2. The van der Waals surface area contributed by atoms with Crippen molar-refractivity contribution in [2.24, 2.45) is 0 Å². The van der Waals surface area contributed by atoms with Crippen LogP contribution >= 0.6 is 23.2 Å². The summed E-state index contributed by atoms with van der Waals surface area (Å²) in [6, 6.07) is 2.88. The van der Waals surface area contributed by atoms with Gasteiger partial charge in [0.2, 0.25) is 5.91 Å². The number of morpholine rings is 1. The Morgan fingerprint density at radius 2 is 2.04 bits per heavy atom. The molecule has 0 saturated carbocycles. The molecular formula is C16H20Cl2N2O3. The molecule has 7 heteroatoms. The monoisotopic (exact) mass is 358 g/mol. The minimum atomic E-state index is -0.263. The molecule has 126 valence electrons. The maximum absolute atomic E-state index is 12.7. The number of amides is 1. The van der Waals surface area contributed by atoms with E-state index >= 15 is 0 Å². The molecule has 2 heterocycles. The molecule has 0 radical (unpaired) electrons. The molecule has 2 aliphatic rings. The van der Waals surface area contributed by atoms with Gasteiger partial charge in [0, 0.05) is 18.7 Å². The summed E-state index contributed by atoms with van der Waals surface area (Å²) in [5.74, 6) is 0.247. The molecule has 0 spiro atoms. The molecule has 1 aromatic carbocycles. The summed E-state index contributed by atoms with van der Waals surface area (Å²) in [6.07, 6.45) is 1.41. The predicted molar refractivity (Wildman–Crippen MR) is 89.3 cm³/mol. The van der Waals surface area contributed by atoms with Gasteiger partial charge in [-0.2, -0.15) is 0 Å². The Balaban J connectivity index is 1.76. The lowest BCUT2D eigenvalue weighted by atomic mass is 9.85. The van der Waals surface area contributed by atoms with Crippen molar-refractivity contribution in [2.75, 3.05) is 32.8 Å². The smallest absolute Gasteiger partial charge is 0.239 e. The van der Waals surface area contributed by atoms with Crippen LogP contribution in [-0.4, -0.2) is 54.8 Å². The van der Waals surface area contributed by atoms with Gasteiger partial charge in [-0.1, -0.05) is 23.2 Å². The van der Waals surface area contributed by atoms with E-state index in [4.69, 9.17) is 27.9 Å². The normalized spacial score (nSPS) is 25.4. The minimum absolute atomic E-state index is 0.0115. The summed E-state index contributed by atoms with van der Waals surface area (Å²) in [5.41, 5.74) is 0.653. The molecule has 0 bridgehead atoms. The number of carbonyl (C=O) groups excluding carboxylic acids is 1. The molecule has 0 aliphatic carbocycles. The Morgan fingerprint density at radius 1 is 1.30 bits per heavy atom. The average molecular weight is 359 g/mol. The van der Waals surface area contributed by atoms with Crippen LogP contribution in [-0.2, 0) is 9.53 Å². The van der Waals surface area contributed by atoms with Crippen LogP contribution in [0.2, 0.25) is 10.0 Å². The van der Waals surface area contributed by atoms with Crippen molar-refractivity contribution >= 4 is 29.1 Å². The maximum Gasteiger partial charge on any atom is 0.239 e. The fourth-order valence-corrected chi connectivity index (χ4v) is 3.80. The molecule has 1 amide bonds. The van der Waals surface area contributed by atoms with Gasteiger partial charge in [0.15, 0.2) is 0 Å². The number of carbonyl (C=O) groups is 1. The third kappa shape index (κ3) is 3.58. The SMILES string of the molecule is O=C(C1CC(c2c(O)ccc(Cl)c2Cl)CCN1)N1CCOCC1. The standard InChI is InChI=1S/C16H20Cl2N2O3/c17-11-1-2-13(21)14(15(11)18)10-3-4-19-12(9-10)16(22)20-5-7-23-8-6-20/h1-2,10,12,19,21H,3-9H2. The van der Waals surface area contributed by atoms with Crippen LogP contribution in [0.4, 0.5) is 0 Å². The molecule has 5 nitrogen and oxygen atoms in total. The molecule has 2 aliphatic heterocycles. The fourth-order valence-electron chi connectivity index (χ4n) is 3.32. The van der Waals surface area contributed by atoms with Crippen LogP contribution in [0.1, 0.15) is 24.3 Å². The zero-order valence-corrected chi connectivity index (χ0v) is 14.2. The number of ether oxygens (including phenoxy) is 1. The van der Waals surface area contributed by atoms with Gasteiger partial charge in [-0.15, -0.1) is 0 Å². The van der Waals surface area contributed by atoms with Crippen molar-refractivity contribution in [1.29, 1.82) is 0 Å². The van der Waals surface area contributed by atoms with E-state index in [1.165, 1.54) is 0 Å². The molecular weight excluding hydrogens is 339 g/mol. The van der Waals surface area contributed by atoms with E-state index in [0.717, 1.165) is 6.42 Å². The predicted octanol–water partition coefficient (Wildman–Crippen LogP) is 2.39.